The SMILES string of the molecule is O=C(NC1CCc2cc(S(=O)Cl)ccc2C1)C(F)(F)F. The lowest BCUT2D eigenvalue weighted by molar-refractivity contribution is -0.174. The maximum absolute atomic E-state index is 12.2. The average molecular weight is 326 g/mol. The zero-order valence-electron chi connectivity index (χ0n) is 10.2. The summed E-state index contributed by atoms with van der Waals surface area (Å²) in [4.78, 5) is 11.4. The molecule has 1 aromatic carbocycles. The second-order valence-corrected chi connectivity index (χ2v) is 6.32. The van der Waals surface area contributed by atoms with Crippen LogP contribution in [0.5, 0.6) is 0 Å². The van der Waals surface area contributed by atoms with Gasteiger partial charge in [0, 0.05) is 6.04 Å². The van der Waals surface area contributed by atoms with E-state index in [1.807, 2.05) is 5.32 Å². The molecular formula is C12H11ClF3NO2S. The highest BCUT2D eigenvalue weighted by Crippen LogP contribution is 2.25. The number of rotatable bonds is 2. The second-order valence-electron chi connectivity index (χ2n) is 4.56. The van der Waals surface area contributed by atoms with E-state index >= 15 is 0 Å². The lowest BCUT2D eigenvalue weighted by atomic mass is 9.88. The van der Waals surface area contributed by atoms with Gasteiger partial charge in [-0.15, -0.1) is 0 Å². The predicted molar refractivity (Wildman–Crippen MR) is 68.7 cm³/mol. The van der Waals surface area contributed by atoms with E-state index in [1.165, 1.54) is 0 Å². The van der Waals surface area contributed by atoms with Crippen LogP contribution in [0.3, 0.4) is 0 Å². The molecule has 2 atom stereocenters. The van der Waals surface area contributed by atoms with Gasteiger partial charge in [0.05, 0.1) is 4.90 Å². The van der Waals surface area contributed by atoms with Crippen molar-refractivity contribution in [2.75, 3.05) is 0 Å². The molecule has 1 aromatic rings. The molecule has 0 aromatic heterocycles. The Labute approximate surface area is 120 Å². The van der Waals surface area contributed by atoms with E-state index in [0.29, 0.717) is 24.2 Å². The quantitative estimate of drug-likeness (QED) is 0.849. The average Bonchev–Trinajstić information content (AvgIpc) is 2.36. The van der Waals surface area contributed by atoms with Crippen LogP contribution in [0.25, 0.3) is 0 Å². The molecule has 0 radical (unpaired) electrons. The van der Waals surface area contributed by atoms with Crippen molar-refractivity contribution in [1.82, 2.24) is 5.32 Å². The highest BCUT2D eigenvalue weighted by molar-refractivity contribution is 8.08. The number of aryl methyl sites for hydroxylation is 1. The van der Waals surface area contributed by atoms with Crippen LogP contribution in [0.15, 0.2) is 23.1 Å². The van der Waals surface area contributed by atoms with E-state index in [-0.39, 0.29) is 0 Å². The molecule has 0 spiro atoms. The summed E-state index contributed by atoms with van der Waals surface area (Å²) in [6, 6.07) is 4.43. The molecule has 0 bridgehead atoms. The molecule has 1 N–H and O–H groups in total. The van der Waals surface area contributed by atoms with Crippen molar-refractivity contribution >= 4 is 26.6 Å². The minimum absolute atomic E-state index is 0.326. The number of halogens is 4. The Hall–Kier alpha value is -1.08. The Balaban J connectivity index is 2.08. The summed E-state index contributed by atoms with van der Waals surface area (Å²) in [5.41, 5.74) is 1.75. The summed E-state index contributed by atoms with van der Waals surface area (Å²) < 4.78 is 47.7. The van der Waals surface area contributed by atoms with Gasteiger partial charge in [0.1, 0.15) is 10.0 Å². The Kier molecular flexibility index (Phi) is 4.39. The van der Waals surface area contributed by atoms with Gasteiger partial charge in [-0.3, -0.25) is 4.79 Å². The molecule has 1 amide bonds. The number of carbonyl (C=O) groups excluding carboxylic acids is 1. The Morgan fingerprint density at radius 3 is 2.65 bits per heavy atom. The molecule has 1 aliphatic rings. The number of alkyl halides is 3. The van der Waals surface area contributed by atoms with Crippen molar-refractivity contribution in [3.63, 3.8) is 0 Å². The molecule has 20 heavy (non-hydrogen) atoms. The molecule has 2 rings (SSSR count). The third-order valence-electron chi connectivity index (χ3n) is 3.18. The maximum atomic E-state index is 12.2. The molecular weight excluding hydrogens is 315 g/mol. The molecule has 0 saturated heterocycles. The fraction of sp³-hybridized carbons (Fsp3) is 0.417. The van der Waals surface area contributed by atoms with E-state index in [9.17, 15) is 22.2 Å². The van der Waals surface area contributed by atoms with Crippen molar-refractivity contribution in [1.29, 1.82) is 0 Å². The van der Waals surface area contributed by atoms with Gasteiger partial charge in [0.2, 0.25) is 0 Å². The van der Waals surface area contributed by atoms with Crippen LogP contribution >= 0.6 is 10.7 Å². The number of fused-ring (bicyclic) bond motifs is 1. The number of carbonyl (C=O) groups is 1. The van der Waals surface area contributed by atoms with Crippen LogP contribution < -0.4 is 5.32 Å². The monoisotopic (exact) mass is 325 g/mol. The molecule has 0 heterocycles. The first-order chi connectivity index (χ1) is 9.27. The van der Waals surface area contributed by atoms with Gasteiger partial charge in [-0.1, -0.05) is 6.07 Å². The van der Waals surface area contributed by atoms with Crippen LogP contribution in [0, 0.1) is 0 Å². The highest BCUT2D eigenvalue weighted by Gasteiger charge is 2.40. The van der Waals surface area contributed by atoms with Crippen molar-refractivity contribution in [3.8, 4) is 0 Å². The number of benzene rings is 1. The van der Waals surface area contributed by atoms with E-state index in [0.717, 1.165) is 11.1 Å². The Morgan fingerprint density at radius 2 is 2.05 bits per heavy atom. The van der Waals surface area contributed by atoms with Crippen LogP contribution in [-0.2, 0) is 27.6 Å². The molecule has 0 fully saturated rings. The zero-order valence-corrected chi connectivity index (χ0v) is 11.7. The summed E-state index contributed by atoms with van der Waals surface area (Å²) in [5, 5.41) is 1.99. The van der Waals surface area contributed by atoms with Crippen molar-refractivity contribution in [2.45, 2.75) is 36.4 Å². The minimum atomic E-state index is -4.86. The minimum Gasteiger partial charge on any atom is -0.345 e. The van der Waals surface area contributed by atoms with Gasteiger partial charge in [0.25, 0.3) is 0 Å². The van der Waals surface area contributed by atoms with Crippen molar-refractivity contribution in [2.24, 2.45) is 0 Å². The van der Waals surface area contributed by atoms with E-state index in [1.54, 1.807) is 18.2 Å². The lowest BCUT2D eigenvalue weighted by Gasteiger charge is -2.26. The van der Waals surface area contributed by atoms with Gasteiger partial charge < -0.3 is 5.32 Å². The predicted octanol–water partition coefficient (Wildman–Crippen LogP) is 2.48. The van der Waals surface area contributed by atoms with Crippen molar-refractivity contribution in [3.05, 3.63) is 29.3 Å². The number of nitrogens with one attached hydrogen (secondary N) is 1. The first-order valence-electron chi connectivity index (χ1n) is 5.85. The number of hydrogen-bond donors (Lipinski definition) is 1. The van der Waals surface area contributed by atoms with Crippen LogP contribution in [0.4, 0.5) is 13.2 Å². The summed E-state index contributed by atoms with van der Waals surface area (Å²) in [6.45, 7) is 0. The second kappa shape index (κ2) is 5.73. The molecule has 0 saturated carbocycles. The van der Waals surface area contributed by atoms with Gasteiger partial charge >= 0.3 is 12.1 Å². The first-order valence-corrected chi connectivity index (χ1v) is 7.82. The molecule has 110 valence electrons. The summed E-state index contributed by atoms with van der Waals surface area (Å²) in [7, 11) is 3.88. The fourth-order valence-corrected chi connectivity index (χ4v) is 2.92. The molecule has 3 nitrogen and oxygen atoms in total. The Morgan fingerprint density at radius 1 is 1.35 bits per heavy atom. The fourth-order valence-electron chi connectivity index (χ4n) is 2.22. The third-order valence-corrected chi connectivity index (χ3v) is 4.34. The lowest BCUT2D eigenvalue weighted by Crippen LogP contribution is -2.45. The topological polar surface area (TPSA) is 46.2 Å². The van der Waals surface area contributed by atoms with Crippen LogP contribution in [0.2, 0.25) is 0 Å². The smallest absolute Gasteiger partial charge is 0.345 e. The Bertz CT molecular complexity index is 562. The van der Waals surface area contributed by atoms with Gasteiger partial charge in [0.15, 0.2) is 0 Å². The molecule has 8 heteroatoms. The van der Waals surface area contributed by atoms with Crippen LogP contribution in [0.1, 0.15) is 17.5 Å². The third kappa shape index (κ3) is 3.52. The maximum Gasteiger partial charge on any atom is 0.471 e. The number of amides is 1. The molecule has 2 unspecified atom stereocenters. The summed E-state index contributed by atoms with van der Waals surface area (Å²) in [5.74, 6) is -1.91. The van der Waals surface area contributed by atoms with Crippen molar-refractivity contribution < 1.29 is 22.2 Å². The molecule has 0 aliphatic heterocycles. The van der Waals surface area contributed by atoms with Gasteiger partial charge in [-0.05, 0) is 53.2 Å². The van der Waals surface area contributed by atoms with Gasteiger partial charge in [-0.2, -0.15) is 13.2 Å². The first kappa shape index (κ1) is 15.3. The summed E-state index contributed by atoms with van der Waals surface area (Å²) >= 11 is 0. The van der Waals surface area contributed by atoms with Gasteiger partial charge in [-0.25, -0.2) is 4.21 Å². The largest absolute Gasteiger partial charge is 0.471 e. The number of hydrogen-bond acceptors (Lipinski definition) is 2. The van der Waals surface area contributed by atoms with E-state index in [2.05, 4.69) is 0 Å². The van der Waals surface area contributed by atoms with Crippen LogP contribution in [-0.4, -0.2) is 22.3 Å². The molecule has 1 aliphatic carbocycles. The van der Waals surface area contributed by atoms with E-state index < -0.39 is 28.1 Å². The van der Waals surface area contributed by atoms with E-state index in [4.69, 9.17) is 10.7 Å². The normalized spacial score (nSPS) is 20.1. The zero-order chi connectivity index (χ0) is 14.9. The standard InChI is InChI=1S/C12H11ClF3NO2S/c13-20(19)10-4-2-7-5-9(3-1-8(7)6-10)17-11(18)12(14,15)16/h2,4,6,9H,1,3,5H2,(H,17,18). The summed E-state index contributed by atoms with van der Waals surface area (Å²) in [6.07, 6.45) is -3.61. The highest BCUT2D eigenvalue weighted by atomic mass is 35.7.